The van der Waals surface area contributed by atoms with Gasteiger partial charge in [-0.15, -0.1) is 13.2 Å². The number of hydrogen-bond donors (Lipinski definition) is 2. The van der Waals surface area contributed by atoms with Crippen molar-refractivity contribution in [1.29, 1.82) is 0 Å². The lowest BCUT2D eigenvalue weighted by Crippen LogP contribution is -2.40. The lowest BCUT2D eigenvalue weighted by Gasteiger charge is -2.22. The van der Waals surface area contributed by atoms with Crippen molar-refractivity contribution in [3.8, 4) is 5.75 Å². The van der Waals surface area contributed by atoms with Gasteiger partial charge in [-0.2, -0.15) is 0 Å². The van der Waals surface area contributed by atoms with Crippen LogP contribution in [0.2, 0.25) is 0 Å². The monoisotopic (exact) mass is 303 g/mol. The average Bonchev–Trinajstić information content (AvgIpc) is 2.82. The van der Waals surface area contributed by atoms with Gasteiger partial charge < -0.3 is 15.2 Å². The van der Waals surface area contributed by atoms with Crippen LogP contribution >= 0.6 is 0 Å². The van der Waals surface area contributed by atoms with Crippen LogP contribution in [0, 0.1) is 0 Å². The van der Waals surface area contributed by atoms with E-state index < -0.39 is 17.9 Å². The van der Waals surface area contributed by atoms with Gasteiger partial charge in [-0.3, -0.25) is 4.79 Å². The highest BCUT2D eigenvalue weighted by molar-refractivity contribution is 5.94. The van der Waals surface area contributed by atoms with Crippen LogP contribution < -0.4 is 10.1 Å². The molecule has 1 aliphatic carbocycles. The van der Waals surface area contributed by atoms with Gasteiger partial charge in [-0.25, -0.2) is 0 Å². The van der Waals surface area contributed by atoms with Crippen LogP contribution in [-0.4, -0.2) is 29.5 Å². The largest absolute Gasteiger partial charge is 0.573 e. The van der Waals surface area contributed by atoms with Crippen LogP contribution in [-0.2, 0) is 0 Å². The van der Waals surface area contributed by atoms with Crippen molar-refractivity contribution in [2.45, 2.75) is 37.6 Å². The average molecular weight is 303 g/mol. The molecule has 2 rings (SSSR count). The fourth-order valence-corrected chi connectivity index (χ4v) is 2.36. The quantitative estimate of drug-likeness (QED) is 0.899. The summed E-state index contributed by atoms with van der Waals surface area (Å²) in [6.45, 7) is 0.145. The van der Waals surface area contributed by atoms with Crippen molar-refractivity contribution in [2.24, 2.45) is 0 Å². The highest BCUT2D eigenvalue weighted by Crippen LogP contribution is 2.28. The smallest absolute Gasteiger partial charge is 0.406 e. The topological polar surface area (TPSA) is 58.6 Å². The molecule has 7 heteroatoms. The number of benzene rings is 1. The molecule has 1 aromatic carbocycles. The third-order valence-electron chi connectivity index (χ3n) is 3.46. The van der Waals surface area contributed by atoms with Crippen molar-refractivity contribution in [3.63, 3.8) is 0 Å². The first-order chi connectivity index (χ1) is 9.77. The van der Waals surface area contributed by atoms with E-state index in [1.54, 1.807) is 0 Å². The Bertz CT molecular complexity index is 493. The van der Waals surface area contributed by atoms with Crippen molar-refractivity contribution in [2.75, 3.05) is 6.54 Å². The summed E-state index contributed by atoms with van der Waals surface area (Å²) >= 11 is 0. The van der Waals surface area contributed by atoms with Gasteiger partial charge in [0, 0.05) is 12.1 Å². The minimum Gasteiger partial charge on any atom is -0.406 e. The third kappa shape index (κ3) is 4.63. The maximum atomic E-state index is 12.0. The second-order valence-electron chi connectivity index (χ2n) is 5.19. The lowest BCUT2D eigenvalue weighted by atomic mass is 10.0. The maximum absolute atomic E-state index is 12.0. The standard InChI is InChI=1S/C14H16F3NO3/c15-14(16,17)21-11-5-3-10(4-6-11)12(19)18-9-13(20)7-1-2-8-13/h3-6,20H,1-2,7-9H2,(H,18,19). The fraction of sp³-hybridized carbons (Fsp3) is 0.500. The summed E-state index contributed by atoms with van der Waals surface area (Å²) < 4.78 is 39.7. The number of halogens is 3. The number of carbonyl (C=O) groups excluding carboxylic acids is 1. The van der Waals surface area contributed by atoms with Gasteiger partial charge in [-0.05, 0) is 37.1 Å². The molecule has 0 aromatic heterocycles. The number of rotatable bonds is 4. The van der Waals surface area contributed by atoms with Crippen molar-refractivity contribution >= 4 is 5.91 Å². The summed E-state index contributed by atoms with van der Waals surface area (Å²) in [7, 11) is 0. The molecule has 0 bridgehead atoms. The van der Waals surface area contributed by atoms with Gasteiger partial charge in [0.15, 0.2) is 0 Å². The zero-order valence-corrected chi connectivity index (χ0v) is 11.2. The summed E-state index contributed by atoms with van der Waals surface area (Å²) in [5, 5.41) is 12.7. The first-order valence-corrected chi connectivity index (χ1v) is 6.64. The molecule has 1 amide bonds. The zero-order valence-electron chi connectivity index (χ0n) is 11.2. The Kier molecular flexibility index (Phi) is 4.41. The molecule has 0 saturated heterocycles. The lowest BCUT2D eigenvalue weighted by molar-refractivity contribution is -0.274. The van der Waals surface area contributed by atoms with E-state index in [0.717, 1.165) is 25.0 Å². The molecule has 4 nitrogen and oxygen atoms in total. The van der Waals surface area contributed by atoms with E-state index in [-0.39, 0.29) is 17.9 Å². The molecule has 0 aliphatic heterocycles. The van der Waals surface area contributed by atoms with E-state index in [2.05, 4.69) is 10.1 Å². The van der Waals surface area contributed by atoms with Gasteiger partial charge in [0.1, 0.15) is 5.75 Å². The van der Waals surface area contributed by atoms with Crippen LogP contribution in [0.15, 0.2) is 24.3 Å². The van der Waals surface area contributed by atoms with Crippen LogP contribution in [0.1, 0.15) is 36.0 Å². The van der Waals surface area contributed by atoms with Gasteiger partial charge >= 0.3 is 6.36 Å². The van der Waals surface area contributed by atoms with E-state index in [4.69, 9.17) is 0 Å². The van der Waals surface area contributed by atoms with E-state index in [0.29, 0.717) is 12.8 Å². The second-order valence-corrected chi connectivity index (χ2v) is 5.19. The molecule has 1 aliphatic rings. The Morgan fingerprint density at radius 3 is 2.33 bits per heavy atom. The number of aliphatic hydroxyl groups is 1. The molecular formula is C14H16F3NO3. The van der Waals surface area contributed by atoms with E-state index >= 15 is 0 Å². The minimum absolute atomic E-state index is 0.145. The molecule has 21 heavy (non-hydrogen) atoms. The predicted octanol–water partition coefficient (Wildman–Crippen LogP) is 2.62. The molecule has 0 spiro atoms. The summed E-state index contributed by atoms with van der Waals surface area (Å²) in [5.41, 5.74) is -0.652. The van der Waals surface area contributed by atoms with Crippen LogP contribution in [0.4, 0.5) is 13.2 Å². The SMILES string of the molecule is O=C(NCC1(O)CCCC1)c1ccc(OC(F)(F)F)cc1. The molecule has 1 saturated carbocycles. The summed E-state index contributed by atoms with van der Waals surface area (Å²) in [6, 6.07) is 4.64. The van der Waals surface area contributed by atoms with Gasteiger partial charge in [0.25, 0.3) is 5.91 Å². The molecular weight excluding hydrogens is 287 g/mol. The van der Waals surface area contributed by atoms with Crippen LogP contribution in [0.25, 0.3) is 0 Å². The number of alkyl halides is 3. The van der Waals surface area contributed by atoms with Crippen LogP contribution in [0.3, 0.4) is 0 Å². The van der Waals surface area contributed by atoms with Crippen LogP contribution in [0.5, 0.6) is 5.75 Å². The fourth-order valence-electron chi connectivity index (χ4n) is 2.36. The van der Waals surface area contributed by atoms with Crippen molar-refractivity contribution in [3.05, 3.63) is 29.8 Å². The number of nitrogens with one attached hydrogen (secondary N) is 1. The first-order valence-electron chi connectivity index (χ1n) is 6.64. The Labute approximate surface area is 119 Å². The van der Waals surface area contributed by atoms with E-state index in [1.807, 2.05) is 0 Å². The number of carbonyl (C=O) groups is 1. The van der Waals surface area contributed by atoms with E-state index in [9.17, 15) is 23.1 Å². The normalized spacial score (nSPS) is 17.5. The number of amides is 1. The highest BCUT2D eigenvalue weighted by atomic mass is 19.4. The number of ether oxygens (including phenoxy) is 1. The Hall–Kier alpha value is -1.76. The summed E-state index contributed by atoms with van der Waals surface area (Å²) in [6.07, 6.45) is -1.61. The Morgan fingerprint density at radius 1 is 1.24 bits per heavy atom. The van der Waals surface area contributed by atoms with Gasteiger partial charge in [0.2, 0.25) is 0 Å². The summed E-state index contributed by atoms with van der Waals surface area (Å²) in [4.78, 5) is 11.9. The molecule has 0 radical (unpaired) electrons. The highest BCUT2D eigenvalue weighted by Gasteiger charge is 2.32. The molecule has 0 atom stereocenters. The second kappa shape index (κ2) is 5.93. The molecule has 0 unspecified atom stereocenters. The van der Waals surface area contributed by atoms with E-state index in [1.165, 1.54) is 12.1 Å². The first kappa shape index (κ1) is 15.6. The predicted molar refractivity (Wildman–Crippen MR) is 68.9 cm³/mol. The molecule has 1 fully saturated rings. The molecule has 116 valence electrons. The molecule has 1 aromatic rings. The molecule has 0 heterocycles. The number of hydrogen-bond acceptors (Lipinski definition) is 3. The Morgan fingerprint density at radius 2 is 1.81 bits per heavy atom. The molecule has 2 N–H and O–H groups in total. The zero-order chi connectivity index (χ0) is 15.5. The Balaban J connectivity index is 1.90. The summed E-state index contributed by atoms with van der Waals surface area (Å²) in [5.74, 6) is -0.817. The maximum Gasteiger partial charge on any atom is 0.573 e. The van der Waals surface area contributed by atoms with Crippen molar-refractivity contribution in [1.82, 2.24) is 5.32 Å². The van der Waals surface area contributed by atoms with Crippen molar-refractivity contribution < 1.29 is 27.8 Å². The minimum atomic E-state index is -4.75. The third-order valence-corrected chi connectivity index (χ3v) is 3.46. The van der Waals surface area contributed by atoms with Gasteiger partial charge in [0.05, 0.1) is 5.60 Å². The van der Waals surface area contributed by atoms with Gasteiger partial charge in [-0.1, -0.05) is 12.8 Å².